The number of H-pyrrole nitrogens is 1. The van der Waals surface area contributed by atoms with Gasteiger partial charge in [-0.25, -0.2) is 23.0 Å². The van der Waals surface area contributed by atoms with Gasteiger partial charge in [-0.15, -0.1) is 0 Å². The predicted octanol–water partition coefficient (Wildman–Crippen LogP) is 7.05. The molecule has 4 aromatic rings. The summed E-state index contributed by atoms with van der Waals surface area (Å²) < 4.78 is 45.0. The molecule has 206 valence electrons. The molecule has 1 saturated carbocycles. The molecule has 2 aromatic heterocycles. The summed E-state index contributed by atoms with van der Waals surface area (Å²) in [6, 6.07) is 10.2. The van der Waals surface area contributed by atoms with E-state index in [-0.39, 0.29) is 62.9 Å². The van der Waals surface area contributed by atoms with Gasteiger partial charge < -0.3 is 15.6 Å². The van der Waals surface area contributed by atoms with Gasteiger partial charge in [-0.05, 0) is 43.4 Å². The quantitative estimate of drug-likeness (QED) is 0.222. The smallest absolute Gasteiger partial charge is 0.271 e. The van der Waals surface area contributed by atoms with Crippen LogP contribution >= 0.6 is 0 Å². The molecule has 1 aliphatic carbocycles. The van der Waals surface area contributed by atoms with Crippen LogP contribution in [0, 0.1) is 24.0 Å². The molecule has 3 heterocycles. The van der Waals surface area contributed by atoms with Crippen LogP contribution in [0.15, 0.2) is 70.7 Å². The monoisotopic (exact) mass is 555 g/mol. The first-order chi connectivity index (χ1) is 19.9. The molecule has 1 amide bonds. The highest BCUT2D eigenvalue weighted by Crippen LogP contribution is 2.44. The van der Waals surface area contributed by atoms with Crippen molar-refractivity contribution in [3.8, 4) is 22.4 Å². The van der Waals surface area contributed by atoms with Crippen LogP contribution in [0.4, 0.5) is 24.7 Å². The van der Waals surface area contributed by atoms with Gasteiger partial charge in [0, 0.05) is 40.9 Å². The van der Waals surface area contributed by atoms with Crippen molar-refractivity contribution in [1.82, 2.24) is 15.3 Å². The number of pyridine rings is 1. The Bertz CT molecular complexity index is 1760. The van der Waals surface area contributed by atoms with Crippen molar-refractivity contribution < 1.29 is 18.0 Å². The summed E-state index contributed by atoms with van der Waals surface area (Å²) in [4.78, 5) is 23.5. The first-order valence-corrected chi connectivity index (χ1v) is 13.2. The highest BCUT2D eigenvalue weighted by Gasteiger charge is 2.29. The molecule has 1 fully saturated rings. The second-order valence-corrected chi connectivity index (χ2v) is 10.0. The van der Waals surface area contributed by atoms with Gasteiger partial charge in [0.2, 0.25) is 5.69 Å². The maximum absolute atomic E-state index is 16.2. The van der Waals surface area contributed by atoms with Gasteiger partial charge in [0.1, 0.15) is 17.3 Å². The molecule has 41 heavy (non-hydrogen) atoms. The Morgan fingerprint density at radius 1 is 1.10 bits per heavy atom. The van der Waals surface area contributed by atoms with Crippen LogP contribution in [-0.4, -0.2) is 34.5 Å². The number of fused-ring (bicyclic) bond motifs is 1. The lowest BCUT2D eigenvalue weighted by Crippen LogP contribution is -2.42. The van der Waals surface area contributed by atoms with Crippen LogP contribution in [-0.2, 0) is 4.79 Å². The third kappa shape index (κ3) is 5.04. The van der Waals surface area contributed by atoms with Gasteiger partial charge in [-0.3, -0.25) is 4.79 Å². The van der Waals surface area contributed by atoms with E-state index < -0.39 is 17.5 Å². The third-order valence-corrected chi connectivity index (χ3v) is 7.38. The van der Waals surface area contributed by atoms with Gasteiger partial charge in [0.05, 0.1) is 24.3 Å². The van der Waals surface area contributed by atoms with Crippen LogP contribution in [0.1, 0.15) is 25.7 Å². The van der Waals surface area contributed by atoms with Crippen LogP contribution in [0.25, 0.3) is 38.1 Å². The minimum Gasteiger partial charge on any atom is -0.365 e. The Balaban J connectivity index is 1.41. The highest BCUT2D eigenvalue weighted by atomic mass is 19.1. The Morgan fingerprint density at radius 3 is 2.66 bits per heavy atom. The SMILES string of the molecule is [C-]#[N+]c1c(-c2c[nH]c3c(F)cc(F)cc23)nc(N[C@@H]2CCC[C@H](NC(=O)C3=CCN=N3)C2)c(F)c1-c1ccccc1. The number of carbonyl (C=O) groups is 1. The standard InChI is InChI=1S/C30H24F3N7O/c1-34-28-24(16-6-3-2-4-7-16)25(33)29(39-27(28)21-15-35-26-20(21)12-17(31)13-22(26)32)37-18-8-5-9-19(14-18)38-30(41)23-10-11-36-40-23/h2-4,6-7,10,12-13,15,18-19,35H,5,8-9,11,14H2,(H,37,39)(H,38,41)/t18-,19+/m1/s1. The van der Waals surface area contributed by atoms with E-state index >= 15 is 4.39 Å². The number of aromatic nitrogens is 2. The van der Waals surface area contributed by atoms with E-state index in [4.69, 9.17) is 6.57 Å². The summed E-state index contributed by atoms with van der Waals surface area (Å²) in [5, 5.41) is 14.0. The van der Waals surface area contributed by atoms with Crippen molar-refractivity contribution in [1.29, 1.82) is 0 Å². The number of nitrogens with one attached hydrogen (secondary N) is 3. The number of rotatable bonds is 6. The Kier molecular flexibility index (Phi) is 6.97. The van der Waals surface area contributed by atoms with Crippen molar-refractivity contribution in [2.45, 2.75) is 37.8 Å². The first-order valence-electron chi connectivity index (χ1n) is 13.2. The molecular formula is C30H24F3N7O. The van der Waals surface area contributed by atoms with Crippen molar-refractivity contribution in [2.75, 3.05) is 11.9 Å². The molecular weight excluding hydrogens is 531 g/mol. The fourth-order valence-electron chi connectivity index (χ4n) is 5.49. The summed E-state index contributed by atoms with van der Waals surface area (Å²) in [5.74, 6) is -2.65. The lowest BCUT2D eigenvalue weighted by atomic mass is 9.90. The van der Waals surface area contributed by atoms with Gasteiger partial charge >= 0.3 is 0 Å². The second-order valence-electron chi connectivity index (χ2n) is 10.0. The molecule has 3 N–H and O–H groups in total. The molecule has 1 aliphatic heterocycles. The zero-order chi connectivity index (χ0) is 28.5. The molecule has 2 aliphatic rings. The topological polar surface area (TPSA) is 98.9 Å². The summed E-state index contributed by atoms with van der Waals surface area (Å²) in [6.45, 7) is 8.31. The maximum Gasteiger partial charge on any atom is 0.271 e. The summed E-state index contributed by atoms with van der Waals surface area (Å²) in [5.41, 5.74) is 1.15. The molecule has 2 aromatic carbocycles. The number of nitrogens with zero attached hydrogens (tertiary/aromatic N) is 4. The van der Waals surface area contributed by atoms with E-state index in [1.54, 1.807) is 36.4 Å². The fourth-order valence-corrected chi connectivity index (χ4v) is 5.49. The normalized spacial score (nSPS) is 18.2. The molecule has 0 bridgehead atoms. The van der Waals surface area contributed by atoms with Crippen LogP contribution in [0.5, 0.6) is 0 Å². The number of hydrogen-bond donors (Lipinski definition) is 3. The average Bonchev–Trinajstić information content (AvgIpc) is 3.66. The maximum atomic E-state index is 16.2. The van der Waals surface area contributed by atoms with Gasteiger partial charge in [0.15, 0.2) is 11.6 Å². The van der Waals surface area contributed by atoms with Crippen LogP contribution in [0.3, 0.4) is 0 Å². The van der Waals surface area contributed by atoms with E-state index in [1.807, 2.05) is 0 Å². The van der Waals surface area contributed by atoms with Gasteiger partial charge in [-0.2, -0.15) is 10.2 Å². The average molecular weight is 556 g/mol. The van der Waals surface area contributed by atoms with E-state index in [1.165, 1.54) is 6.20 Å². The van der Waals surface area contributed by atoms with E-state index in [0.717, 1.165) is 25.0 Å². The zero-order valence-corrected chi connectivity index (χ0v) is 21.7. The summed E-state index contributed by atoms with van der Waals surface area (Å²) in [7, 11) is 0. The zero-order valence-electron chi connectivity index (χ0n) is 21.7. The highest BCUT2D eigenvalue weighted by molar-refractivity contribution is 6.01. The number of halogens is 3. The molecule has 0 radical (unpaired) electrons. The third-order valence-electron chi connectivity index (χ3n) is 7.38. The lowest BCUT2D eigenvalue weighted by Gasteiger charge is -2.31. The van der Waals surface area contributed by atoms with Gasteiger partial charge in [-0.1, -0.05) is 30.3 Å². The summed E-state index contributed by atoms with van der Waals surface area (Å²) in [6.07, 6.45) is 5.86. The second kappa shape index (κ2) is 10.9. The lowest BCUT2D eigenvalue weighted by molar-refractivity contribution is -0.118. The van der Waals surface area contributed by atoms with Crippen molar-refractivity contribution in [3.63, 3.8) is 0 Å². The Labute approximate surface area is 233 Å². The molecule has 11 heteroatoms. The fraction of sp³-hybridized carbons (Fsp3) is 0.233. The minimum atomic E-state index is -0.788. The first kappa shape index (κ1) is 26.3. The van der Waals surface area contributed by atoms with Crippen molar-refractivity contribution in [3.05, 3.63) is 89.3 Å². The predicted molar refractivity (Wildman–Crippen MR) is 149 cm³/mol. The molecule has 8 nitrogen and oxygen atoms in total. The largest absolute Gasteiger partial charge is 0.365 e. The number of aromatic amines is 1. The Hall–Kier alpha value is -4.98. The number of amides is 1. The van der Waals surface area contributed by atoms with Gasteiger partial charge in [0.25, 0.3) is 5.91 Å². The molecule has 6 rings (SSSR count). The van der Waals surface area contributed by atoms with Crippen molar-refractivity contribution >= 4 is 28.3 Å². The molecule has 0 unspecified atom stereocenters. The number of azo groups is 1. The molecule has 2 atom stereocenters. The van der Waals surface area contributed by atoms with Crippen LogP contribution < -0.4 is 10.6 Å². The van der Waals surface area contributed by atoms with E-state index in [9.17, 15) is 13.6 Å². The van der Waals surface area contributed by atoms with E-state index in [0.29, 0.717) is 24.9 Å². The molecule has 0 saturated heterocycles. The Morgan fingerprint density at radius 2 is 1.90 bits per heavy atom. The number of hydrogen-bond acceptors (Lipinski definition) is 5. The number of carbonyl (C=O) groups excluding carboxylic acids is 1. The van der Waals surface area contributed by atoms with Crippen LogP contribution in [0.2, 0.25) is 0 Å². The van der Waals surface area contributed by atoms with Crippen molar-refractivity contribution in [2.24, 2.45) is 10.2 Å². The minimum absolute atomic E-state index is 0.0403. The summed E-state index contributed by atoms with van der Waals surface area (Å²) >= 11 is 0. The molecule has 0 spiro atoms. The number of benzene rings is 2. The number of anilines is 1. The van der Waals surface area contributed by atoms with E-state index in [2.05, 4.69) is 35.7 Å².